The minimum Gasteiger partial charge on any atom is -0.336 e. The van der Waals surface area contributed by atoms with E-state index >= 15 is 0 Å². The average molecular weight is 613 g/mol. The summed E-state index contributed by atoms with van der Waals surface area (Å²) >= 11 is 0. The third-order valence-electron chi connectivity index (χ3n) is 6.94. The lowest BCUT2D eigenvalue weighted by molar-refractivity contribution is -0.116. The van der Waals surface area contributed by atoms with Crippen LogP contribution in [0.5, 0.6) is 0 Å². The Morgan fingerprint density at radius 3 is 2.59 bits per heavy atom. The van der Waals surface area contributed by atoms with Crippen molar-refractivity contribution < 1.29 is 17.6 Å². The molecule has 0 aliphatic carbocycles. The van der Waals surface area contributed by atoms with Gasteiger partial charge in [-0.1, -0.05) is 13.8 Å². The molecule has 0 fully saturated rings. The van der Waals surface area contributed by atoms with Crippen LogP contribution >= 0.6 is 0 Å². The second kappa shape index (κ2) is 11.6. The second-order valence-corrected chi connectivity index (χ2v) is 13.4. The first-order valence-corrected chi connectivity index (χ1v) is 16.0. The highest BCUT2D eigenvalue weighted by atomic mass is 32.2. The molecule has 1 aromatic carbocycles. The van der Waals surface area contributed by atoms with Crippen LogP contribution in [0.2, 0.25) is 0 Å². The van der Waals surface area contributed by atoms with Crippen LogP contribution in [-0.2, 0) is 21.1 Å². The van der Waals surface area contributed by atoms with E-state index < -0.39 is 15.7 Å². The van der Waals surface area contributed by atoms with Crippen LogP contribution in [0.3, 0.4) is 0 Å². The van der Waals surface area contributed by atoms with Gasteiger partial charge in [-0.25, -0.2) is 22.8 Å². The first kappa shape index (κ1) is 29.1. The highest BCUT2D eigenvalue weighted by Gasteiger charge is 2.18. The average Bonchev–Trinajstić information content (AvgIpc) is 3.59. The molecule has 11 nitrogen and oxygen atoms in total. The van der Waals surface area contributed by atoms with Gasteiger partial charge >= 0.3 is 0 Å². The second-order valence-electron chi connectivity index (χ2n) is 11.1. The van der Waals surface area contributed by atoms with Crippen LogP contribution in [-0.4, -0.2) is 61.5 Å². The van der Waals surface area contributed by atoms with E-state index in [0.29, 0.717) is 68.2 Å². The van der Waals surface area contributed by atoms with Gasteiger partial charge in [-0.05, 0) is 60.4 Å². The van der Waals surface area contributed by atoms with Crippen LogP contribution in [0.1, 0.15) is 25.8 Å². The summed E-state index contributed by atoms with van der Waals surface area (Å²) in [4.78, 5) is 33.9. The molecule has 6 aromatic rings. The number of carbonyl (C=O) groups is 1. The molecule has 0 bridgehead atoms. The Labute approximate surface area is 252 Å². The molecule has 1 amide bonds. The summed E-state index contributed by atoms with van der Waals surface area (Å²) in [7, 11) is -3.21. The van der Waals surface area contributed by atoms with Crippen molar-refractivity contribution in [1.82, 2.24) is 35.1 Å². The van der Waals surface area contributed by atoms with Gasteiger partial charge in [0.15, 0.2) is 11.5 Å². The maximum Gasteiger partial charge on any atom is 0.224 e. The SMILES string of the molecule is CC(C)CC(=O)Nc1cncc(-c2ccc3[nH]nc(-c4nc5c(-c6cc(F)cc(CCS(C)(=O)=O)c6)nccc5[nH]4)c3n2)c1. The summed E-state index contributed by atoms with van der Waals surface area (Å²) in [6.45, 7) is 3.97. The van der Waals surface area contributed by atoms with Gasteiger partial charge in [0.2, 0.25) is 5.91 Å². The van der Waals surface area contributed by atoms with Crippen LogP contribution in [0.4, 0.5) is 10.1 Å². The Morgan fingerprint density at radius 2 is 1.80 bits per heavy atom. The standard InChI is InChI=1S/C31H29FN8O3S/c1-17(2)10-26(41)35-22-14-20(15-33-16-22)23-4-5-25-29(36-23)30(40-39-25)31-37-24-6-8-34-27(28(24)38-31)19-11-18(12-21(32)13-19)7-9-44(3,42)43/h4-6,8,11-17H,7,9-10H2,1-3H3,(H,35,41)(H,37,38)(H,39,40). The fourth-order valence-corrected chi connectivity index (χ4v) is 5.56. The first-order chi connectivity index (χ1) is 21.0. The lowest BCUT2D eigenvalue weighted by atomic mass is 10.0. The summed E-state index contributed by atoms with van der Waals surface area (Å²) in [5.41, 5.74) is 6.31. The van der Waals surface area contributed by atoms with Gasteiger partial charge in [0.25, 0.3) is 0 Å². The Morgan fingerprint density at radius 1 is 0.977 bits per heavy atom. The molecule has 0 atom stereocenters. The number of nitrogens with one attached hydrogen (secondary N) is 3. The number of aromatic nitrogens is 7. The largest absolute Gasteiger partial charge is 0.336 e. The number of hydrogen-bond donors (Lipinski definition) is 3. The van der Waals surface area contributed by atoms with Gasteiger partial charge < -0.3 is 10.3 Å². The van der Waals surface area contributed by atoms with Gasteiger partial charge in [-0.15, -0.1) is 0 Å². The highest BCUT2D eigenvalue weighted by Crippen LogP contribution is 2.32. The van der Waals surface area contributed by atoms with Crippen LogP contribution in [0.15, 0.2) is 61.1 Å². The van der Waals surface area contributed by atoms with E-state index in [1.54, 1.807) is 30.7 Å². The number of nitrogens with zero attached hydrogens (tertiary/aromatic N) is 5. The summed E-state index contributed by atoms with van der Waals surface area (Å²) in [6.07, 6.45) is 6.61. The van der Waals surface area contributed by atoms with Crippen LogP contribution in [0.25, 0.3) is 56.1 Å². The molecule has 0 unspecified atom stereocenters. The molecule has 5 heterocycles. The number of H-pyrrole nitrogens is 2. The molecule has 0 spiro atoms. The van der Waals surface area contributed by atoms with Crippen molar-refractivity contribution >= 4 is 43.5 Å². The fraction of sp³-hybridized carbons (Fsp3) is 0.226. The molecular formula is C31H29FN8O3S. The Balaban J connectivity index is 1.36. The van der Waals surface area contributed by atoms with E-state index in [9.17, 15) is 17.6 Å². The van der Waals surface area contributed by atoms with Crippen molar-refractivity contribution in [1.29, 1.82) is 0 Å². The van der Waals surface area contributed by atoms with Gasteiger partial charge in [-0.3, -0.25) is 19.9 Å². The molecule has 0 saturated heterocycles. The number of halogens is 1. The lowest BCUT2D eigenvalue weighted by Crippen LogP contribution is -2.14. The number of amides is 1. The van der Waals surface area contributed by atoms with E-state index in [0.717, 1.165) is 11.8 Å². The van der Waals surface area contributed by atoms with Gasteiger partial charge in [0.05, 0.1) is 40.1 Å². The van der Waals surface area contributed by atoms with Crippen LogP contribution < -0.4 is 5.32 Å². The number of imidazole rings is 1. The Hall–Kier alpha value is -5.04. The predicted octanol–water partition coefficient (Wildman–Crippen LogP) is 5.34. The third kappa shape index (κ3) is 6.32. The van der Waals surface area contributed by atoms with E-state index in [2.05, 4.69) is 30.5 Å². The number of fused-ring (bicyclic) bond motifs is 2. The molecule has 5 aromatic heterocycles. The molecule has 0 aliphatic heterocycles. The minimum atomic E-state index is -3.21. The molecule has 0 radical (unpaired) electrons. The predicted molar refractivity (Wildman–Crippen MR) is 167 cm³/mol. The van der Waals surface area contributed by atoms with Gasteiger partial charge in [0.1, 0.15) is 26.7 Å². The van der Waals surface area contributed by atoms with E-state index in [1.165, 1.54) is 12.1 Å². The zero-order chi connectivity index (χ0) is 31.0. The number of aromatic amines is 2. The number of sulfone groups is 1. The first-order valence-electron chi connectivity index (χ1n) is 14.0. The van der Waals surface area contributed by atoms with Gasteiger partial charge in [0, 0.05) is 36.2 Å². The number of hydrogen-bond acceptors (Lipinski definition) is 8. The van der Waals surface area contributed by atoms with Crippen molar-refractivity contribution in [3.8, 4) is 34.0 Å². The van der Waals surface area contributed by atoms with Gasteiger partial charge in [-0.2, -0.15) is 5.10 Å². The molecule has 44 heavy (non-hydrogen) atoms. The summed E-state index contributed by atoms with van der Waals surface area (Å²) in [5.74, 6) is 0.00837. The third-order valence-corrected chi connectivity index (χ3v) is 7.88. The Kier molecular flexibility index (Phi) is 7.64. The number of anilines is 1. The summed E-state index contributed by atoms with van der Waals surface area (Å²) < 4.78 is 37.9. The zero-order valence-corrected chi connectivity index (χ0v) is 25.0. The van der Waals surface area contributed by atoms with E-state index in [4.69, 9.17) is 9.97 Å². The minimum absolute atomic E-state index is 0.0819. The number of carbonyl (C=O) groups excluding carboxylic acids is 1. The number of pyridine rings is 3. The number of benzene rings is 1. The number of aryl methyl sites for hydroxylation is 1. The molecule has 224 valence electrons. The van der Waals surface area contributed by atoms with Crippen molar-refractivity contribution in [2.45, 2.75) is 26.7 Å². The van der Waals surface area contributed by atoms with E-state index in [-0.39, 0.29) is 24.0 Å². The monoisotopic (exact) mass is 612 g/mol. The smallest absolute Gasteiger partial charge is 0.224 e. The van der Waals surface area contributed by atoms with Crippen molar-refractivity contribution in [3.05, 3.63) is 72.4 Å². The quantitative estimate of drug-likeness (QED) is 0.197. The topological polar surface area (TPSA) is 159 Å². The van der Waals surface area contributed by atoms with E-state index in [1.807, 2.05) is 32.0 Å². The molecule has 3 N–H and O–H groups in total. The maximum atomic E-state index is 14.6. The van der Waals surface area contributed by atoms with Crippen molar-refractivity contribution in [2.75, 3.05) is 17.3 Å². The maximum absolute atomic E-state index is 14.6. The Bertz CT molecular complexity index is 2140. The number of rotatable bonds is 9. The van der Waals surface area contributed by atoms with Crippen molar-refractivity contribution in [3.63, 3.8) is 0 Å². The molecule has 6 rings (SSSR count). The summed E-state index contributed by atoms with van der Waals surface area (Å²) in [6, 6.07) is 11.7. The fourth-order valence-electron chi connectivity index (χ4n) is 4.95. The van der Waals surface area contributed by atoms with Crippen LogP contribution in [0, 0.1) is 11.7 Å². The normalized spacial score (nSPS) is 11.9. The summed E-state index contributed by atoms with van der Waals surface area (Å²) in [5, 5.41) is 10.3. The molecular weight excluding hydrogens is 583 g/mol. The lowest BCUT2D eigenvalue weighted by Gasteiger charge is -2.08. The molecule has 13 heteroatoms. The van der Waals surface area contributed by atoms with Crippen molar-refractivity contribution in [2.24, 2.45) is 5.92 Å². The molecule has 0 aliphatic rings. The zero-order valence-electron chi connectivity index (χ0n) is 24.2. The highest BCUT2D eigenvalue weighted by molar-refractivity contribution is 7.90. The molecule has 0 saturated carbocycles.